The van der Waals surface area contributed by atoms with Crippen molar-refractivity contribution >= 4 is 11.6 Å². The van der Waals surface area contributed by atoms with Gasteiger partial charge in [-0.25, -0.2) is 0 Å². The van der Waals surface area contributed by atoms with Crippen molar-refractivity contribution in [1.29, 1.82) is 0 Å². The molecule has 4 nitrogen and oxygen atoms in total. The summed E-state index contributed by atoms with van der Waals surface area (Å²) in [4.78, 5) is 14.4. The van der Waals surface area contributed by atoms with Crippen LogP contribution in [0.3, 0.4) is 0 Å². The van der Waals surface area contributed by atoms with Gasteiger partial charge >= 0.3 is 0 Å². The Morgan fingerprint density at radius 1 is 1.12 bits per heavy atom. The molecule has 3 atom stereocenters. The summed E-state index contributed by atoms with van der Waals surface area (Å²) < 4.78 is 0. The molecule has 172 valence electrons. The zero-order valence-electron chi connectivity index (χ0n) is 19.2. The Kier molecular flexibility index (Phi) is 9.07. The second kappa shape index (κ2) is 12.0. The Bertz CT molecular complexity index is 851. The van der Waals surface area contributed by atoms with E-state index in [0.29, 0.717) is 12.8 Å². The number of hydrogen-bond acceptors (Lipinski definition) is 3. The number of carbonyl (C=O) groups is 1. The topological polar surface area (TPSA) is 60.8 Å². The third-order valence-corrected chi connectivity index (χ3v) is 6.52. The highest BCUT2D eigenvalue weighted by atomic mass is 16.3. The Balaban J connectivity index is 1.42. The highest BCUT2D eigenvalue weighted by molar-refractivity contribution is 5.93. The first-order chi connectivity index (χ1) is 15.5. The van der Waals surface area contributed by atoms with Crippen LogP contribution in [0.25, 0.3) is 0 Å². The summed E-state index contributed by atoms with van der Waals surface area (Å²) in [6.45, 7) is 0. The zero-order valence-corrected chi connectivity index (χ0v) is 19.2. The molecule has 0 saturated heterocycles. The number of benzene rings is 2. The van der Waals surface area contributed by atoms with E-state index in [9.17, 15) is 15.0 Å². The van der Waals surface area contributed by atoms with E-state index >= 15 is 0 Å². The number of aryl methyl sites for hydroxylation is 1. The summed E-state index contributed by atoms with van der Waals surface area (Å²) >= 11 is 0. The van der Waals surface area contributed by atoms with Crippen LogP contribution in [0.1, 0.15) is 56.9 Å². The fourth-order valence-corrected chi connectivity index (χ4v) is 4.61. The molecular weight excluding hydrogens is 398 g/mol. The largest absolute Gasteiger partial charge is 0.389 e. The van der Waals surface area contributed by atoms with Crippen LogP contribution in [-0.4, -0.2) is 34.9 Å². The lowest BCUT2D eigenvalue weighted by atomic mass is 9.76. The molecule has 1 amide bonds. The molecule has 2 N–H and O–H groups in total. The van der Waals surface area contributed by atoms with Crippen molar-refractivity contribution in [2.45, 2.75) is 69.5 Å². The van der Waals surface area contributed by atoms with E-state index in [-0.39, 0.29) is 18.2 Å². The van der Waals surface area contributed by atoms with Gasteiger partial charge in [0.1, 0.15) is 0 Å². The third-order valence-electron chi connectivity index (χ3n) is 6.52. The number of para-hydroxylation sites is 1. The van der Waals surface area contributed by atoms with Gasteiger partial charge in [-0.3, -0.25) is 4.79 Å². The second-order valence-electron chi connectivity index (χ2n) is 9.23. The van der Waals surface area contributed by atoms with E-state index in [1.54, 1.807) is 11.9 Å². The second-order valence-corrected chi connectivity index (χ2v) is 9.23. The lowest BCUT2D eigenvalue weighted by Gasteiger charge is -2.36. The molecule has 1 fully saturated rings. The summed E-state index contributed by atoms with van der Waals surface area (Å²) in [5.74, 6) is 0.129. The minimum atomic E-state index is -0.978. The van der Waals surface area contributed by atoms with Crippen LogP contribution in [0.15, 0.2) is 72.8 Å². The predicted octanol–water partition coefficient (Wildman–Crippen LogP) is 5.29. The number of aliphatic hydroxyl groups is 2. The molecule has 32 heavy (non-hydrogen) atoms. The summed E-state index contributed by atoms with van der Waals surface area (Å²) in [7, 11) is 1.76. The van der Waals surface area contributed by atoms with Crippen LogP contribution in [0.4, 0.5) is 5.69 Å². The molecule has 1 unspecified atom stereocenters. The molecule has 1 saturated carbocycles. The number of amides is 1. The fourth-order valence-electron chi connectivity index (χ4n) is 4.61. The molecule has 1 aliphatic carbocycles. The van der Waals surface area contributed by atoms with Gasteiger partial charge in [0.05, 0.1) is 18.1 Å². The van der Waals surface area contributed by atoms with E-state index < -0.39 is 11.7 Å². The number of allylic oxidation sites excluding steroid dienone is 1. The average Bonchev–Trinajstić information content (AvgIpc) is 2.81. The van der Waals surface area contributed by atoms with Crippen molar-refractivity contribution in [2.24, 2.45) is 5.92 Å². The molecule has 2 aromatic rings. The minimum Gasteiger partial charge on any atom is -0.389 e. The highest BCUT2D eigenvalue weighted by Gasteiger charge is 2.36. The van der Waals surface area contributed by atoms with Crippen LogP contribution in [0.2, 0.25) is 0 Å². The first kappa shape index (κ1) is 24.2. The first-order valence-corrected chi connectivity index (χ1v) is 11.9. The van der Waals surface area contributed by atoms with Crippen LogP contribution < -0.4 is 4.90 Å². The van der Waals surface area contributed by atoms with Crippen LogP contribution in [0.5, 0.6) is 0 Å². The standard InChI is InChI=1S/C28H37NO3/c1-29(25-15-6-3-7-16-25)27(31)22-28(32)20-10-14-24(21-28)18-19-26(30)17-9-8-13-23-11-4-2-5-12-23/h2-7,11-12,15-16,18-19,24,26,30,32H,8-10,13-14,17,20-22H2,1H3/b19-18+/t24-,26?,28+/m1/s1. The van der Waals surface area contributed by atoms with Crippen molar-refractivity contribution in [3.05, 3.63) is 78.4 Å². The third kappa shape index (κ3) is 7.61. The van der Waals surface area contributed by atoms with Crippen LogP contribution in [-0.2, 0) is 11.2 Å². The van der Waals surface area contributed by atoms with Crippen molar-refractivity contribution in [1.82, 2.24) is 0 Å². The molecular formula is C28H37NO3. The van der Waals surface area contributed by atoms with Crippen LogP contribution >= 0.6 is 0 Å². The predicted molar refractivity (Wildman–Crippen MR) is 131 cm³/mol. The van der Waals surface area contributed by atoms with E-state index in [1.807, 2.05) is 42.5 Å². The molecule has 0 spiro atoms. The monoisotopic (exact) mass is 435 g/mol. The van der Waals surface area contributed by atoms with Gasteiger partial charge in [-0.1, -0.05) is 67.1 Å². The smallest absolute Gasteiger partial charge is 0.229 e. The summed E-state index contributed by atoms with van der Waals surface area (Å²) in [6, 6.07) is 20.0. The maximum absolute atomic E-state index is 12.7. The number of nitrogens with zero attached hydrogens (tertiary/aromatic N) is 1. The number of rotatable bonds is 10. The normalized spacial score (nSPS) is 22.0. The van der Waals surface area contributed by atoms with Gasteiger partial charge < -0.3 is 15.1 Å². The van der Waals surface area contributed by atoms with Gasteiger partial charge in [0, 0.05) is 12.7 Å². The Labute approximate surface area is 192 Å². The van der Waals surface area contributed by atoms with Crippen LogP contribution in [0, 0.1) is 5.92 Å². The molecule has 0 aliphatic heterocycles. The number of anilines is 1. The SMILES string of the molecule is CN(C(=O)C[C@]1(O)CCC[C@H](/C=C/C(O)CCCCc2ccccc2)C1)c1ccccc1. The molecule has 3 rings (SSSR count). The summed E-state index contributed by atoms with van der Waals surface area (Å²) in [5.41, 5.74) is 1.20. The molecule has 0 aromatic heterocycles. The fraction of sp³-hybridized carbons (Fsp3) is 0.464. The maximum atomic E-state index is 12.7. The van der Waals surface area contributed by atoms with Gasteiger partial charge in [0.25, 0.3) is 0 Å². The zero-order chi connectivity index (χ0) is 22.8. The van der Waals surface area contributed by atoms with Gasteiger partial charge in [-0.05, 0) is 68.6 Å². The Hall–Kier alpha value is -2.43. The van der Waals surface area contributed by atoms with Gasteiger partial charge in [-0.2, -0.15) is 0 Å². The van der Waals surface area contributed by atoms with Crippen molar-refractivity contribution < 1.29 is 15.0 Å². The van der Waals surface area contributed by atoms with Crippen molar-refractivity contribution in [2.75, 3.05) is 11.9 Å². The van der Waals surface area contributed by atoms with E-state index in [2.05, 4.69) is 30.3 Å². The first-order valence-electron chi connectivity index (χ1n) is 11.9. The molecule has 1 aliphatic rings. The Morgan fingerprint density at radius 3 is 2.53 bits per heavy atom. The number of hydrogen-bond donors (Lipinski definition) is 2. The molecule has 2 aromatic carbocycles. The van der Waals surface area contributed by atoms with Gasteiger partial charge in [-0.15, -0.1) is 0 Å². The Morgan fingerprint density at radius 2 is 1.81 bits per heavy atom. The lowest BCUT2D eigenvalue weighted by molar-refractivity contribution is -0.125. The lowest BCUT2D eigenvalue weighted by Crippen LogP contribution is -2.41. The number of carbonyl (C=O) groups excluding carboxylic acids is 1. The quantitative estimate of drug-likeness (QED) is 0.394. The summed E-state index contributed by atoms with van der Waals surface area (Å²) in [6.07, 6.45) is 10.5. The summed E-state index contributed by atoms with van der Waals surface area (Å²) in [5, 5.41) is 21.5. The molecule has 0 radical (unpaired) electrons. The number of unbranched alkanes of at least 4 members (excludes halogenated alkanes) is 1. The minimum absolute atomic E-state index is 0.0678. The number of aliphatic hydroxyl groups excluding tert-OH is 1. The van der Waals surface area contributed by atoms with Crippen molar-refractivity contribution in [3.8, 4) is 0 Å². The average molecular weight is 436 g/mol. The highest BCUT2D eigenvalue weighted by Crippen LogP contribution is 2.36. The van der Waals surface area contributed by atoms with Gasteiger partial charge in [0.15, 0.2) is 0 Å². The molecule has 0 bridgehead atoms. The van der Waals surface area contributed by atoms with E-state index in [4.69, 9.17) is 0 Å². The van der Waals surface area contributed by atoms with E-state index in [0.717, 1.165) is 44.2 Å². The van der Waals surface area contributed by atoms with Gasteiger partial charge in [0.2, 0.25) is 5.91 Å². The van der Waals surface area contributed by atoms with Crippen molar-refractivity contribution in [3.63, 3.8) is 0 Å². The molecule has 0 heterocycles. The molecule has 4 heteroatoms. The van der Waals surface area contributed by atoms with E-state index in [1.165, 1.54) is 5.56 Å². The maximum Gasteiger partial charge on any atom is 0.229 e.